The molecule has 0 aliphatic carbocycles. The molecule has 0 aliphatic rings. The summed E-state index contributed by atoms with van der Waals surface area (Å²) in [6.07, 6.45) is 0. The molecule has 0 saturated heterocycles. The predicted molar refractivity (Wildman–Crippen MR) is 62.7 cm³/mol. The normalized spacial score (nSPS) is 10.3. The molecule has 0 fully saturated rings. The Morgan fingerprint density at radius 3 is 2.47 bits per heavy atom. The van der Waals surface area contributed by atoms with Crippen molar-refractivity contribution in [1.82, 2.24) is 5.10 Å². The Balaban J connectivity index is 2.45. The fourth-order valence-electron chi connectivity index (χ4n) is 1.35. The fourth-order valence-corrected chi connectivity index (χ4v) is 2.52. The number of nitrogens with zero attached hydrogens (tertiary/aromatic N) is 1. The van der Waals surface area contributed by atoms with E-state index in [-0.39, 0.29) is 0 Å². The number of hydrogen-bond acceptors (Lipinski definition) is 3. The fraction of sp³-hybridized carbons (Fsp3) is 0.200. The molecule has 0 spiro atoms. The Morgan fingerprint density at radius 2 is 2.00 bits per heavy atom. The maximum Gasteiger partial charge on any atom is 0.294 e. The molecule has 1 aromatic carbocycles. The largest absolute Gasteiger partial charge is 0.497 e. The van der Waals surface area contributed by atoms with Crippen molar-refractivity contribution in [2.75, 3.05) is 7.11 Å². The lowest BCUT2D eigenvalue weighted by atomic mass is 10.2. The molecule has 0 unspecified atom stereocenters. The van der Waals surface area contributed by atoms with Crippen LogP contribution in [0.3, 0.4) is 0 Å². The van der Waals surface area contributed by atoms with E-state index in [0.29, 0.717) is 0 Å². The second-order valence-corrected chi connectivity index (χ2v) is 4.76. The number of aromatic amines is 1. The van der Waals surface area contributed by atoms with Crippen LogP contribution in [0.1, 0.15) is 0 Å². The van der Waals surface area contributed by atoms with Crippen LogP contribution < -0.4 is 9.42 Å². The summed E-state index contributed by atoms with van der Waals surface area (Å²) < 4.78 is 7.81. The van der Waals surface area contributed by atoms with Gasteiger partial charge in [0.2, 0.25) is 3.95 Å². The predicted octanol–water partition coefficient (Wildman–Crippen LogP) is 2.31. The molecule has 2 aromatic rings. The molecule has 5 heteroatoms. The van der Waals surface area contributed by atoms with Gasteiger partial charge in [0.05, 0.1) is 12.7 Å². The number of methoxy groups -OCH3 is 1. The monoisotopic (exact) mass is 239 g/mol. The van der Waals surface area contributed by atoms with Gasteiger partial charge < -0.3 is 4.74 Å². The third kappa shape index (κ3) is 2.08. The van der Waals surface area contributed by atoms with Crippen LogP contribution in [-0.2, 0) is 7.05 Å². The van der Waals surface area contributed by atoms with Crippen molar-refractivity contribution in [3.05, 3.63) is 28.2 Å². The Bertz CT molecular complexity index is 513. The molecular weight excluding hydrogens is 228 g/mol. The van der Waals surface area contributed by atoms with Crippen molar-refractivity contribution < 1.29 is 9.42 Å². The van der Waals surface area contributed by atoms with E-state index in [9.17, 15) is 0 Å². The van der Waals surface area contributed by atoms with E-state index in [1.54, 1.807) is 18.4 Å². The molecule has 0 atom stereocenters. The molecule has 2 rings (SSSR count). The standard InChI is InChI=1S/C10H10N2OS2/c1-12-9(15-10(14)11-12)7-3-5-8(13-2)6-4-7/h3-6H,1-2H3/p+1. The molecule has 78 valence electrons. The number of aromatic nitrogens is 2. The van der Waals surface area contributed by atoms with Crippen molar-refractivity contribution in [1.29, 1.82) is 0 Å². The summed E-state index contributed by atoms with van der Waals surface area (Å²) in [5, 5.41) is 4.17. The first-order valence-corrected chi connectivity index (χ1v) is 5.67. The summed E-state index contributed by atoms with van der Waals surface area (Å²) in [4.78, 5) is 0. The van der Waals surface area contributed by atoms with Crippen molar-refractivity contribution in [3.63, 3.8) is 0 Å². The summed E-state index contributed by atoms with van der Waals surface area (Å²) in [6.45, 7) is 0. The van der Waals surface area contributed by atoms with Crippen LogP contribution in [0.2, 0.25) is 0 Å². The molecule has 0 aliphatic heterocycles. The molecule has 3 nitrogen and oxygen atoms in total. The zero-order chi connectivity index (χ0) is 10.8. The average Bonchev–Trinajstić information content (AvgIpc) is 2.58. The second kappa shape index (κ2) is 4.12. The number of aryl methyl sites for hydroxylation is 1. The average molecular weight is 239 g/mol. The quantitative estimate of drug-likeness (QED) is 0.643. The Kier molecular flexibility index (Phi) is 2.83. The smallest absolute Gasteiger partial charge is 0.294 e. The summed E-state index contributed by atoms with van der Waals surface area (Å²) in [5.41, 5.74) is 1.13. The first kappa shape index (κ1) is 10.3. The minimum absolute atomic E-state index is 0.781. The van der Waals surface area contributed by atoms with Gasteiger partial charge in [-0.05, 0) is 47.8 Å². The SMILES string of the molecule is COc1ccc(-c2sc(=S)[nH][n+]2C)cc1. The van der Waals surface area contributed by atoms with Crippen molar-refractivity contribution in [2.24, 2.45) is 7.05 Å². The third-order valence-electron chi connectivity index (χ3n) is 2.09. The molecule has 0 radical (unpaired) electrons. The highest BCUT2D eigenvalue weighted by atomic mass is 32.1. The van der Waals surface area contributed by atoms with Crippen molar-refractivity contribution in [3.8, 4) is 16.3 Å². The van der Waals surface area contributed by atoms with Gasteiger partial charge in [-0.3, -0.25) is 0 Å². The van der Waals surface area contributed by atoms with Crippen LogP contribution in [0.4, 0.5) is 0 Å². The van der Waals surface area contributed by atoms with Gasteiger partial charge in [0.15, 0.2) is 7.05 Å². The highest BCUT2D eigenvalue weighted by Gasteiger charge is 2.12. The van der Waals surface area contributed by atoms with Crippen LogP contribution in [0.15, 0.2) is 24.3 Å². The Hall–Kier alpha value is -1.20. The van der Waals surface area contributed by atoms with Crippen molar-refractivity contribution >= 4 is 23.6 Å². The van der Waals surface area contributed by atoms with Crippen LogP contribution in [0, 0.1) is 3.95 Å². The number of hydrogen-bond donors (Lipinski definition) is 1. The van der Waals surface area contributed by atoms with Gasteiger partial charge in [0.1, 0.15) is 5.75 Å². The van der Waals surface area contributed by atoms with Crippen LogP contribution in [0.5, 0.6) is 5.75 Å². The Labute approximate surface area is 96.9 Å². The van der Waals surface area contributed by atoms with E-state index in [4.69, 9.17) is 17.0 Å². The van der Waals surface area contributed by atoms with Gasteiger partial charge in [-0.25, -0.2) is 0 Å². The van der Waals surface area contributed by atoms with Crippen LogP contribution in [-0.4, -0.2) is 12.2 Å². The van der Waals surface area contributed by atoms with Crippen LogP contribution in [0.25, 0.3) is 10.6 Å². The van der Waals surface area contributed by atoms with E-state index in [1.807, 2.05) is 36.0 Å². The summed E-state index contributed by atoms with van der Waals surface area (Å²) in [6, 6.07) is 7.93. The Morgan fingerprint density at radius 1 is 1.33 bits per heavy atom. The van der Waals surface area contributed by atoms with Crippen LogP contribution >= 0.6 is 23.6 Å². The molecule has 1 N–H and O–H groups in total. The molecule has 15 heavy (non-hydrogen) atoms. The van der Waals surface area contributed by atoms with Gasteiger partial charge in [-0.2, -0.15) is 0 Å². The van der Waals surface area contributed by atoms with Gasteiger partial charge in [-0.1, -0.05) is 0 Å². The van der Waals surface area contributed by atoms with E-state index in [2.05, 4.69) is 5.10 Å². The lowest BCUT2D eigenvalue weighted by Crippen LogP contribution is -2.31. The topological polar surface area (TPSA) is 28.9 Å². The lowest BCUT2D eigenvalue weighted by molar-refractivity contribution is -0.715. The lowest BCUT2D eigenvalue weighted by Gasteiger charge is -1.98. The summed E-state index contributed by atoms with van der Waals surface area (Å²) >= 11 is 6.65. The zero-order valence-electron chi connectivity index (χ0n) is 8.48. The highest BCUT2D eigenvalue weighted by Crippen LogP contribution is 2.22. The maximum absolute atomic E-state index is 5.11. The molecule has 0 bridgehead atoms. The molecule has 0 saturated carbocycles. The number of H-pyrrole nitrogens is 1. The van der Waals surface area contributed by atoms with E-state index >= 15 is 0 Å². The van der Waals surface area contributed by atoms with Gasteiger partial charge in [-0.15, -0.1) is 9.78 Å². The highest BCUT2D eigenvalue weighted by molar-refractivity contribution is 7.73. The van der Waals surface area contributed by atoms with Gasteiger partial charge in [0.25, 0.3) is 5.01 Å². The molecule has 1 aromatic heterocycles. The zero-order valence-corrected chi connectivity index (χ0v) is 10.1. The van der Waals surface area contributed by atoms with Gasteiger partial charge >= 0.3 is 0 Å². The minimum Gasteiger partial charge on any atom is -0.497 e. The molecular formula is C10H11N2OS2+. The summed E-state index contributed by atoms with van der Waals surface area (Å²) in [5.74, 6) is 0.862. The number of ether oxygens (including phenoxy) is 1. The minimum atomic E-state index is 0.781. The van der Waals surface area contributed by atoms with E-state index < -0.39 is 0 Å². The first-order valence-electron chi connectivity index (χ1n) is 4.44. The third-order valence-corrected chi connectivity index (χ3v) is 3.41. The second-order valence-electron chi connectivity index (χ2n) is 3.09. The molecule has 1 heterocycles. The summed E-state index contributed by atoms with van der Waals surface area (Å²) in [7, 11) is 3.61. The number of rotatable bonds is 2. The maximum atomic E-state index is 5.11. The van der Waals surface area contributed by atoms with Crippen molar-refractivity contribution in [2.45, 2.75) is 0 Å². The number of benzene rings is 1. The number of nitrogens with one attached hydrogen (secondary N) is 1. The van der Waals surface area contributed by atoms with E-state index in [0.717, 1.165) is 20.3 Å². The van der Waals surface area contributed by atoms with E-state index in [1.165, 1.54) is 0 Å². The first-order chi connectivity index (χ1) is 7.20. The molecule has 0 amide bonds. The van der Waals surface area contributed by atoms with Gasteiger partial charge in [0, 0.05) is 0 Å².